The molecule has 2 aromatic rings. The van der Waals surface area contributed by atoms with Gasteiger partial charge < -0.3 is 10.1 Å². The van der Waals surface area contributed by atoms with E-state index in [0.717, 1.165) is 16.9 Å². The number of aromatic nitrogens is 2. The second-order valence-corrected chi connectivity index (χ2v) is 4.55. The molecule has 1 heterocycles. The highest BCUT2D eigenvalue weighted by molar-refractivity contribution is 5.75. The monoisotopic (exact) mass is 273 g/mol. The zero-order valence-corrected chi connectivity index (χ0v) is 11.8. The summed E-state index contributed by atoms with van der Waals surface area (Å²) in [5.41, 5.74) is 2.19. The molecule has 0 unspecified atom stereocenters. The molecule has 1 amide bonds. The zero-order chi connectivity index (χ0) is 14.4. The minimum absolute atomic E-state index is 0.0422. The van der Waals surface area contributed by atoms with Crippen LogP contribution in [-0.4, -0.2) is 29.3 Å². The Morgan fingerprint density at radius 1 is 1.30 bits per heavy atom. The SMILES string of the molecule is CNC(=O)CCCOc1ccc(-c2cnn(C)c2)cc1. The Morgan fingerprint density at radius 3 is 2.65 bits per heavy atom. The predicted molar refractivity (Wildman–Crippen MR) is 77.4 cm³/mol. The third kappa shape index (κ3) is 3.85. The predicted octanol–water partition coefficient (Wildman–Crippen LogP) is 1.99. The van der Waals surface area contributed by atoms with Crippen LogP contribution >= 0.6 is 0 Å². The number of benzene rings is 1. The van der Waals surface area contributed by atoms with Crippen molar-refractivity contribution in [1.29, 1.82) is 0 Å². The fourth-order valence-electron chi connectivity index (χ4n) is 1.86. The summed E-state index contributed by atoms with van der Waals surface area (Å²) in [7, 11) is 3.54. The molecule has 0 aliphatic carbocycles. The quantitative estimate of drug-likeness (QED) is 0.819. The summed E-state index contributed by atoms with van der Waals surface area (Å²) in [6, 6.07) is 7.88. The first kappa shape index (κ1) is 14.1. The van der Waals surface area contributed by atoms with Crippen LogP contribution in [0.2, 0.25) is 0 Å². The second-order valence-electron chi connectivity index (χ2n) is 4.55. The fourth-order valence-corrected chi connectivity index (χ4v) is 1.86. The highest BCUT2D eigenvalue weighted by atomic mass is 16.5. The molecule has 1 aromatic heterocycles. The standard InChI is InChI=1S/C15H19N3O2/c1-16-15(19)4-3-9-20-14-7-5-12(6-8-14)13-10-17-18(2)11-13/h5-8,10-11H,3-4,9H2,1-2H3,(H,16,19). The molecule has 5 heteroatoms. The summed E-state index contributed by atoms with van der Waals surface area (Å²) in [6.07, 6.45) is 5.01. The molecule has 0 radical (unpaired) electrons. The number of ether oxygens (including phenoxy) is 1. The van der Waals surface area contributed by atoms with E-state index >= 15 is 0 Å². The summed E-state index contributed by atoms with van der Waals surface area (Å²) >= 11 is 0. The fraction of sp³-hybridized carbons (Fsp3) is 0.333. The van der Waals surface area contributed by atoms with Crippen molar-refractivity contribution < 1.29 is 9.53 Å². The van der Waals surface area contributed by atoms with E-state index in [-0.39, 0.29) is 5.91 Å². The van der Waals surface area contributed by atoms with Gasteiger partial charge in [-0.2, -0.15) is 5.10 Å². The van der Waals surface area contributed by atoms with Crippen LogP contribution in [0.15, 0.2) is 36.7 Å². The molecular weight excluding hydrogens is 254 g/mol. The lowest BCUT2D eigenvalue weighted by molar-refractivity contribution is -0.120. The van der Waals surface area contributed by atoms with E-state index < -0.39 is 0 Å². The number of hydrogen-bond acceptors (Lipinski definition) is 3. The Balaban J connectivity index is 1.84. The first-order valence-corrected chi connectivity index (χ1v) is 6.61. The minimum Gasteiger partial charge on any atom is -0.494 e. The molecule has 0 bridgehead atoms. The molecule has 106 valence electrons. The van der Waals surface area contributed by atoms with E-state index in [2.05, 4.69) is 10.4 Å². The maximum atomic E-state index is 11.1. The Bertz CT molecular complexity index is 561. The number of nitrogens with one attached hydrogen (secondary N) is 1. The number of carbonyl (C=O) groups is 1. The average Bonchev–Trinajstić information content (AvgIpc) is 2.90. The van der Waals surface area contributed by atoms with Gasteiger partial charge in [-0.3, -0.25) is 9.48 Å². The lowest BCUT2D eigenvalue weighted by atomic mass is 10.1. The molecule has 20 heavy (non-hydrogen) atoms. The van der Waals surface area contributed by atoms with E-state index in [1.54, 1.807) is 11.7 Å². The molecule has 0 atom stereocenters. The van der Waals surface area contributed by atoms with Gasteiger partial charge >= 0.3 is 0 Å². The topological polar surface area (TPSA) is 56.1 Å². The number of rotatable bonds is 6. The molecule has 0 spiro atoms. The smallest absolute Gasteiger partial charge is 0.219 e. The number of amides is 1. The summed E-state index contributed by atoms with van der Waals surface area (Å²) in [5, 5.41) is 6.74. The van der Waals surface area contributed by atoms with Crippen LogP contribution in [0, 0.1) is 0 Å². The van der Waals surface area contributed by atoms with E-state index in [1.165, 1.54) is 0 Å². The molecule has 0 aliphatic heterocycles. The molecule has 2 rings (SSSR count). The lowest BCUT2D eigenvalue weighted by Gasteiger charge is -2.06. The zero-order valence-electron chi connectivity index (χ0n) is 11.8. The molecular formula is C15H19N3O2. The van der Waals surface area contributed by atoms with Gasteiger partial charge in [0.05, 0.1) is 12.8 Å². The van der Waals surface area contributed by atoms with Gasteiger partial charge in [-0.25, -0.2) is 0 Å². The van der Waals surface area contributed by atoms with Gasteiger partial charge in [0.1, 0.15) is 5.75 Å². The van der Waals surface area contributed by atoms with Gasteiger partial charge in [-0.1, -0.05) is 12.1 Å². The molecule has 0 saturated heterocycles. The van der Waals surface area contributed by atoms with Gasteiger partial charge in [0.15, 0.2) is 0 Å². The van der Waals surface area contributed by atoms with Crippen LogP contribution in [0.3, 0.4) is 0 Å². The van der Waals surface area contributed by atoms with Crippen LogP contribution in [0.25, 0.3) is 11.1 Å². The highest BCUT2D eigenvalue weighted by Gasteiger charge is 2.02. The maximum Gasteiger partial charge on any atom is 0.219 e. The van der Waals surface area contributed by atoms with Gasteiger partial charge in [0.2, 0.25) is 5.91 Å². The second kappa shape index (κ2) is 6.75. The van der Waals surface area contributed by atoms with Crippen LogP contribution < -0.4 is 10.1 Å². The first-order chi connectivity index (χ1) is 9.69. The maximum absolute atomic E-state index is 11.1. The van der Waals surface area contributed by atoms with Crippen molar-refractivity contribution in [1.82, 2.24) is 15.1 Å². The first-order valence-electron chi connectivity index (χ1n) is 6.61. The van der Waals surface area contributed by atoms with Gasteiger partial charge in [-0.05, 0) is 24.1 Å². The minimum atomic E-state index is 0.0422. The Morgan fingerprint density at radius 2 is 2.05 bits per heavy atom. The summed E-state index contributed by atoms with van der Waals surface area (Å²) in [6.45, 7) is 0.541. The van der Waals surface area contributed by atoms with Crippen molar-refractivity contribution in [3.8, 4) is 16.9 Å². The summed E-state index contributed by atoms with van der Waals surface area (Å²) in [5.74, 6) is 0.857. The van der Waals surface area contributed by atoms with Crippen LogP contribution in [0.5, 0.6) is 5.75 Å². The van der Waals surface area contributed by atoms with Crippen molar-refractivity contribution >= 4 is 5.91 Å². The number of hydrogen-bond donors (Lipinski definition) is 1. The third-order valence-electron chi connectivity index (χ3n) is 2.99. The lowest BCUT2D eigenvalue weighted by Crippen LogP contribution is -2.18. The van der Waals surface area contributed by atoms with Crippen molar-refractivity contribution in [2.24, 2.45) is 7.05 Å². The summed E-state index contributed by atoms with van der Waals surface area (Å²) in [4.78, 5) is 11.1. The molecule has 0 fully saturated rings. The molecule has 1 aromatic carbocycles. The molecule has 0 aliphatic rings. The van der Waals surface area contributed by atoms with Crippen molar-refractivity contribution in [2.45, 2.75) is 12.8 Å². The van der Waals surface area contributed by atoms with Gasteiger partial charge in [0, 0.05) is 32.3 Å². The Labute approximate surface area is 118 Å². The Kier molecular flexibility index (Phi) is 4.76. The van der Waals surface area contributed by atoms with E-state index in [0.29, 0.717) is 19.4 Å². The van der Waals surface area contributed by atoms with Crippen LogP contribution in [0.1, 0.15) is 12.8 Å². The van der Waals surface area contributed by atoms with E-state index in [9.17, 15) is 4.79 Å². The molecule has 5 nitrogen and oxygen atoms in total. The Hall–Kier alpha value is -2.30. The summed E-state index contributed by atoms with van der Waals surface area (Å²) < 4.78 is 7.37. The third-order valence-corrected chi connectivity index (χ3v) is 2.99. The number of nitrogens with zero attached hydrogens (tertiary/aromatic N) is 2. The van der Waals surface area contributed by atoms with Crippen LogP contribution in [0.4, 0.5) is 0 Å². The molecule has 1 N–H and O–H groups in total. The van der Waals surface area contributed by atoms with E-state index in [1.807, 2.05) is 43.7 Å². The van der Waals surface area contributed by atoms with E-state index in [4.69, 9.17) is 4.74 Å². The van der Waals surface area contributed by atoms with Crippen LogP contribution in [-0.2, 0) is 11.8 Å². The largest absolute Gasteiger partial charge is 0.494 e. The molecule has 0 saturated carbocycles. The number of aryl methyl sites for hydroxylation is 1. The normalized spacial score (nSPS) is 10.3. The van der Waals surface area contributed by atoms with Gasteiger partial charge in [-0.15, -0.1) is 0 Å². The van der Waals surface area contributed by atoms with Crippen molar-refractivity contribution in [2.75, 3.05) is 13.7 Å². The average molecular weight is 273 g/mol. The van der Waals surface area contributed by atoms with Gasteiger partial charge in [0.25, 0.3) is 0 Å². The van der Waals surface area contributed by atoms with Crippen molar-refractivity contribution in [3.05, 3.63) is 36.7 Å². The number of carbonyl (C=O) groups excluding carboxylic acids is 1. The highest BCUT2D eigenvalue weighted by Crippen LogP contribution is 2.21. The van der Waals surface area contributed by atoms with Crippen molar-refractivity contribution in [3.63, 3.8) is 0 Å².